The van der Waals surface area contributed by atoms with Gasteiger partial charge in [-0.2, -0.15) is 0 Å². The smallest absolute Gasteiger partial charge is 0.338 e. The summed E-state index contributed by atoms with van der Waals surface area (Å²) < 4.78 is 16.2. The van der Waals surface area contributed by atoms with Gasteiger partial charge in [0.1, 0.15) is 18.3 Å². The van der Waals surface area contributed by atoms with Gasteiger partial charge >= 0.3 is 11.9 Å². The van der Waals surface area contributed by atoms with Crippen LogP contribution in [-0.2, 0) is 14.2 Å². The van der Waals surface area contributed by atoms with Gasteiger partial charge in [-0.1, -0.05) is 36.4 Å². The average Bonchev–Trinajstić information content (AvgIpc) is 2.95. The molecule has 1 N–H and O–H groups in total. The first-order chi connectivity index (χ1) is 12.5. The highest BCUT2D eigenvalue weighted by molar-refractivity contribution is 5.90. The van der Waals surface area contributed by atoms with E-state index in [0.717, 1.165) is 0 Å². The van der Waals surface area contributed by atoms with E-state index in [9.17, 15) is 14.7 Å². The van der Waals surface area contributed by atoms with Crippen LogP contribution in [0, 0.1) is 0 Å². The van der Waals surface area contributed by atoms with Crippen LogP contribution in [0.3, 0.4) is 0 Å². The number of carbonyl (C=O) groups excluding carboxylic acids is 2. The fourth-order valence-electron chi connectivity index (χ4n) is 2.76. The molecule has 3 atom stereocenters. The van der Waals surface area contributed by atoms with E-state index in [0.29, 0.717) is 11.1 Å². The standard InChI is InChI=1S/C20H20O6/c1-20(23)13-25-16(12-24-18(21)14-8-4-2-5-9-14)17(20)26-19(22)15-10-6-3-7-11-15/h2-11,16-17,23H,12-13H2,1H3/t16-,17-,20+/m1/s1. The van der Waals surface area contributed by atoms with E-state index in [-0.39, 0.29) is 13.2 Å². The largest absolute Gasteiger partial charge is 0.459 e. The lowest BCUT2D eigenvalue weighted by Gasteiger charge is -2.26. The summed E-state index contributed by atoms with van der Waals surface area (Å²) in [6.45, 7) is 1.37. The van der Waals surface area contributed by atoms with E-state index in [1.807, 2.05) is 0 Å². The topological polar surface area (TPSA) is 82.1 Å². The van der Waals surface area contributed by atoms with Crippen molar-refractivity contribution >= 4 is 11.9 Å². The number of esters is 2. The first kappa shape index (κ1) is 18.1. The maximum Gasteiger partial charge on any atom is 0.338 e. The quantitative estimate of drug-likeness (QED) is 0.828. The Balaban J connectivity index is 1.64. The molecule has 0 aliphatic carbocycles. The number of rotatable bonds is 5. The van der Waals surface area contributed by atoms with Gasteiger partial charge in [0.05, 0.1) is 17.7 Å². The van der Waals surface area contributed by atoms with Crippen LogP contribution in [0.25, 0.3) is 0 Å². The van der Waals surface area contributed by atoms with Gasteiger partial charge in [-0.3, -0.25) is 0 Å². The zero-order valence-corrected chi connectivity index (χ0v) is 14.3. The molecule has 2 aromatic rings. The Labute approximate surface area is 151 Å². The van der Waals surface area contributed by atoms with E-state index < -0.39 is 29.7 Å². The molecule has 0 bridgehead atoms. The molecule has 1 heterocycles. The van der Waals surface area contributed by atoms with E-state index in [2.05, 4.69) is 0 Å². The number of hydrogen-bond donors (Lipinski definition) is 1. The van der Waals surface area contributed by atoms with Crippen molar-refractivity contribution in [3.05, 3.63) is 71.8 Å². The number of carbonyl (C=O) groups is 2. The van der Waals surface area contributed by atoms with Crippen LogP contribution in [0.15, 0.2) is 60.7 Å². The van der Waals surface area contributed by atoms with E-state index in [1.54, 1.807) is 60.7 Å². The molecular weight excluding hydrogens is 336 g/mol. The van der Waals surface area contributed by atoms with Crippen molar-refractivity contribution in [3.63, 3.8) is 0 Å². The summed E-state index contributed by atoms with van der Waals surface area (Å²) in [4.78, 5) is 24.4. The van der Waals surface area contributed by atoms with Crippen LogP contribution in [0.2, 0.25) is 0 Å². The first-order valence-electron chi connectivity index (χ1n) is 8.29. The molecule has 6 nitrogen and oxygen atoms in total. The minimum atomic E-state index is -1.37. The fraction of sp³-hybridized carbons (Fsp3) is 0.300. The summed E-state index contributed by atoms with van der Waals surface area (Å²) in [7, 11) is 0. The molecule has 1 aliphatic rings. The maximum absolute atomic E-state index is 12.3. The predicted molar refractivity (Wildman–Crippen MR) is 92.7 cm³/mol. The van der Waals surface area contributed by atoms with Crippen LogP contribution in [0.4, 0.5) is 0 Å². The molecule has 0 amide bonds. The Kier molecular flexibility index (Phi) is 5.35. The molecule has 6 heteroatoms. The minimum Gasteiger partial charge on any atom is -0.459 e. The van der Waals surface area contributed by atoms with Gasteiger partial charge in [0.2, 0.25) is 0 Å². The fourth-order valence-corrected chi connectivity index (χ4v) is 2.76. The second-order valence-corrected chi connectivity index (χ2v) is 6.36. The molecule has 1 fully saturated rings. The Morgan fingerprint density at radius 2 is 1.58 bits per heavy atom. The number of hydrogen-bond acceptors (Lipinski definition) is 6. The van der Waals surface area contributed by atoms with E-state index in [1.165, 1.54) is 6.92 Å². The lowest BCUT2D eigenvalue weighted by Crippen LogP contribution is -2.45. The Morgan fingerprint density at radius 3 is 2.15 bits per heavy atom. The number of benzene rings is 2. The third kappa shape index (κ3) is 4.09. The molecular formula is C20H20O6. The average molecular weight is 356 g/mol. The van der Waals surface area contributed by atoms with Gasteiger partial charge in [-0.15, -0.1) is 0 Å². The lowest BCUT2D eigenvalue weighted by molar-refractivity contribution is -0.0639. The Morgan fingerprint density at radius 1 is 1.04 bits per heavy atom. The highest BCUT2D eigenvalue weighted by Gasteiger charge is 2.48. The summed E-state index contributed by atoms with van der Waals surface area (Å²) in [6.07, 6.45) is -1.69. The van der Waals surface area contributed by atoms with Crippen LogP contribution < -0.4 is 0 Å². The van der Waals surface area contributed by atoms with Crippen molar-refractivity contribution in [3.8, 4) is 0 Å². The number of ether oxygens (including phenoxy) is 3. The van der Waals surface area contributed by atoms with Gasteiger partial charge in [0.25, 0.3) is 0 Å². The van der Waals surface area contributed by atoms with Gasteiger partial charge in [-0.05, 0) is 31.2 Å². The maximum atomic E-state index is 12.3. The Bertz CT molecular complexity index is 756. The van der Waals surface area contributed by atoms with Gasteiger partial charge in [0, 0.05) is 0 Å². The predicted octanol–water partition coefficient (Wildman–Crippen LogP) is 2.22. The van der Waals surface area contributed by atoms with E-state index in [4.69, 9.17) is 14.2 Å². The molecule has 0 spiro atoms. The van der Waals surface area contributed by atoms with Gasteiger partial charge in [0.15, 0.2) is 6.10 Å². The minimum absolute atomic E-state index is 0.0205. The molecule has 0 unspecified atom stereocenters. The molecule has 136 valence electrons. The molecule has 2 aromatic carbocycles. The highest BCUT2D eigenvalue weighted by atomic mass is 16.6. The van der Waals surface area contributed by atoms with Crippen molar-refractivity contribution < 1.29 is 28.9 Å². The van der Waals surface area contributed by atoms with Gasteiger partial charge in [-0.25, -0.2) is 9.59 Å². The van der Waals surface area contributed by atoms with Crippen molar-refractivity contribution in [1.82, 2.24) is 0 Å². The molecule has 1 aliphatic heterocycles. The van der Waals surface area contributed by atoms with Crippen LogP contribution in [-0.4, -0.2) is 48.1 Å². The zero-order valence-electron chi connectivity index (χ0n) is 14.3. The zero-order chi connectivity index (χ0) is 18.6. The van der Waals surface area contributed by atoms with Crippen molar-refractivity contribution in [2.75, 3.05) is 13.2 Å². The van der Waals surface area contributed by atoms with Crippen molar-refractivity contribution in [1.29, 1.82) is 0 Å². The third-order valence-corrected chi connectivity index (χ3v) is 4.17. The first-order valence-corrected chi connectivity index (χ1v) is 8.29. The SMILES string of the molecule is C[C@]1(O)CO[C@H](COC(=O)c2ccccc2)[C@H]1OC(=O)c1ccccc1. The van der Waals surface area contributed by atoms with Crippen LogP contribution >= 0.6 is 0 Å². The molecule has 0 radical (unpaired) electrons. The lowest BCUT2D eigenvalue weighted by atomic mass is 9.99. The molecule has 0 aromatic heterocycles. The van der Waals surface area contributed by atoms with E-state index >= 15 is 0 Å². The second kappa shape index (κ2) is 7.68. The second-order valence-electron chi connectivity index (χ2n) is 6.36. The molecule has 0 saturated carbocycles. The monoisotopic (exact) mass is 356 g/mol. The third-order valence-electron chi connectivity index (χ3n) is 4.17. The Hall–Kier alpha value is -2.70. The van der Waals surface area contributed by atoms with Crippen LogP contribution in [0.1, 0.15) is 27.6 Å². The van der Waals surface area contributed by atoms with Crippen molar-refractivity contribution in [2.45, 2.75) is 24.7 Å². The normalized spacial score (nSPS) is 24.8. The summed E-state index contributed by atoms with van der Waals surface area (Å²) in [5, 5.41) is 10.5. The highest BCUT2D eigenvalue weighted by Crippen LogP contribution is 2.28. The summed E-state index contributed by atoms with van der Waals surface area (Å²) in [5.41, 5.74) is -0.584. The molecule has 1 saturated heterocycles. The van der Waals surface area contributed by atoms with Crippen molar-refractivity contribution in [2.24, 2.45) is 0 Å². The van der Waals surface area contributed by atoms with Gasteiger partial charge < -0.3 is 19.3 Å². The molecule has 26 heavy (non-hydrogen) atoms. The van der Waals surface area contributed by atoms with Crippen LogP contribution in [0.5, 0.6) is 0 Å². The number of aliphatic hydroxyl groups is 1. The molecule has 3 rings (SSSR count). The summed E-state index contributed by atoms with van der Waals surface area (Å²) in [5.74, 6) is -1.07. The summed E-state index contributed by atoms with van der Waals surface area (Å²) >= 11 is 0. The summed E-state index contributed by atoms with van der Waals surface area (Å²) in [6, 6.07) is 17.0.